The normalized spacial score (nSPS) is 10.5. The van der Waals surface area contributed by atoms with Crippen molar-refractivity contribution in [3.05, 3.63) is 51.8 Å². The second kappa shape index (κ2) is 6.02. The largest absolute Gasteiger partial charge is 0.336 e. The highest BCUT2D eigenvalue weighted by molar-refractivity contribution is 9.10. The third-order valence-electron chi connectivity index (χ3n) is 2.91. The summed E-state index contributed by atoms with van der Waals surface area (Å²) in [4.78, 5) is 13.8. The molecule has 1 N–H and O–H groups in total. The number of hydrogen-bond donors (Lipinski definition) is 1. The van der Waals surface area contributed by atoms with Crippen molar-refractivity contribution in [1.29, 1.82) is 0 Å². The molecule has 0 spiro atoms. The lowest BCUT2D eigenvalue weighted by Crippen LogP contribution is -2.26. The summed E-state index contributed by atoms with van der Waals surface area (Å²) in [6.45, 7) is 2.59. The maximum absolute atomic E-state index is 12.2. The summed E-state index contributed by atoms with van der Waals surface area (Å²) in [7, 11) is 1.78. The average Bonchev–Trinajstić information content (AvgIpc) is 2.89. The van der Waals surface area contributed by atoms with Crippen LogP contribution in [0.5, 0.6) is 0 Å². The van der Waals surface area contributed by atoms with E-state index in [0.29, 0.717) is 12.2 Å². The Labute approximate surface area is 120 Å². The van der Waals surface area contributed by atoms with Gasteiger partial charge in [-0.2, -0.15) is 5.10 Å². The molecule has 1 aromatic heterocycles. The molecule has 0 bridgehead atoms. The van der Waals surface area contributed by atoms with Crippen LogP contribution in [0.15, 0.2) is 34.8 Å². The number of aromatic nitrogens is 2. The summed E-state index contributed by atoms with van der Waals surface area (Å²) in [5, 5.41) is 6.90. The fraction of sp³-hybridized carbons (Fsp3) is 0.286. The van der Waals surface area contributed by atoms with E-state index in [4.69, 9.17) is 0 Å². The SMILES string of the molecule is CCc1cc(C(=O)N(C)Cc2ccc(Br)cc2)n[nH]1. The molecule has 2 rings (SSSR count). The van der Waals surface area contributed by atoms with Crippen molar-refractivity contribution >= 4 is 21.8 Å². The van der Waals surface area contributed by atoms with E-state index in [0.717, 1.165) is 22.2 Å². The van der Waals surface area contributed by atoms with Crippen molar-refractivity contribution in [3.8, 4) is 0 Å². The van der Waals surface area contributed by atoms with Gasteiger partial charge in [0.05, 0.1) is 0 Å². The molecular formula is C14H16BrN3O. The van der Waals surface area contributed by atoms with Gasteiger partial charge in [0.25, 0.3) is 5.91 Å². The third-order valence-corrected chi connectivity index (χ3v) is 3.44. The maximum atomic E-state index is 12.2. The quantitative estimate of drug-likeness (QED) is 0.941. The highest BCUT2D eigenvalue weighted by atomic mass is 79.9. The smallest absolute Gasteiger partial charge is 0.274 e. The van der Waals surface area contributed by atoms with Crippen LogP contribution in [0.1, 0.15) is 28.7 Å². The van der Waals surface area contributed by atoms with E-state index >= 15 is 0 Å². The number of aryl methyl sites for hydroxylation is 1. The van der Waals surface area contributed by atoms with Gasteiger partial charge in [0.2, 0.25) is 0 Å². The summed E-state index contributed by atoms with van der Waals surface area (Å²) in [5.41, 5.74) is 2.53. The van der Waals surface area contributed by atoms with Gasteiger partial charge in [0.1, 0.15) is 5.69 Å². The molecule has 0 saturated heterocycles. The Kier molecular flexibility index (Phi) is 4.37. The number of halogens is 1. The van der Waals surface area contributed by atoms with Crippen LogP contribution in [0.25, 0.3) is 0 Å². The molecule has 0 aliphatic rings. The Hall–Kier alpha value is -1.62. The predicted octanol–water partition coefficient (Wildman–Crippen LogP) is 3.01. The molecule has 0 aliphatic carbocycles. The van der Waals surface area contributed by atoms with Crippen molar-refractivity contribution < 1.29 is 4.79 Å². The van der Waals surface area contributed by atoms with E-state index in [9.17, 15) is 4.79 Å². The lowest BCUT2D eigenvalue weighted by molar-refractivity contribution is 0.0779. The molecular weight excluding hydrogens is 306 g/mol. The van der Waals surface area contributed by atoms with Crippen LogP contribution in [-0.2, 0) is 13.0 Å². The summed E-state index contributed by atoms with van der Waals surface area (Å²) >= 11 is 3.39. The number of H-pyrrole nitrogens is 1. The van der Waals surface area contributed by atoms with E-state index in [-0.39, 0.29) is 5.91 Å². The van der Waals surface area contributed by atoms with Crippen LogP contribution >= 0.6 is 15.9 Å². The van der Waals surface area contributed by atoms with Crippen molar-refractivity contribution in [2.24, 2.45) is 0 Å². The maximum Gasteiger partial charge on any atom is 0.274 e. The Morgan fingerprint density at radius 2 is 2.05 bits per heavy atom. The molecule has 19 heavy (non-hydrogen) atoms. The number of aromatic amines is 1. The summed E-state index contributed by atoms with van der Waals surface area (Å²) < 4.78 is 1.03. The number of amides is 1. The zero-order valence-corrected chi connectivity index (χ0v) is 12.6. The molecule has 1 aromatic carbocycles. The molecule has 0 atom stereocenters. The summed E-state index contributed by atoms with van der Waals surface area (Å²) in [5.74, 6) is -0.0705. The van der Waals surface area contributed by atoms with Gasteiger partial charge in [-0.25, -0.2) is 0 Å². The molecule has 1 amide bonds. The molecule has 1 heterocycles. The van der Waals surface area contributed by atoms with Gasteiger partial charge in [-0.15, -0.1) is 0 Å². The molecule has 2 aromatic rings. The standard InChI is InChI=1S/C14H16BrN3O/c1-3-12-8-13(17-16-12)14(19)18(2)9-10-4-6-11(15)7-5-10/h4-8H,3,9H2,1-2H3,(H,16,17). The average molecular weight is 322 g/mol. The predicted molar refractivity (Wildman–Crippen MR) is 77.9 cm³/mol. The molecule has 5 heteroatoms. The topological polar surface area (TPSA) is 49.0 Å². The van der Waals surface area contributed by atoms with Crippen LogP contribution in [0.4, 0.5) is 0 Å². The number of rotatable bonds is 4. The fourth-order valence-corrected chi connectivity index (χ4v) is 2.05. The van der Waals surface area contributed by atoms with Crippen LogP contribution in [0.2, 0.25) is 0 Å². The van der Waals surface area contributed by atoms with E-state index < -0.39 is 0 Å². The van der Waals surface area contributed by atoms with Crippen LogP contribution < -0.4 is 0 Å². The van der Waals surface area contributed by atoms with E-state index in [1.165, 1.54) is 0 Å². The van der Waals surface area contributed by atoms with Crippen molar-refractivity contribution in [2.45, 2.75) is 19.9 Å². The number of carbonyl (C=O) groups excluding carboxylic acids is 1. The van der Waals surface area contributed by atoms with Gasteiger partial charge >= 0.3 is 0 Å². The van der Waals surface area contributed by atoms with Gasteiger partial charge in [-0.3, -0.25) is 9.89 Å². The van der Waals surface area contributed by atoms with Crippen molar-refractivity contribution in [3.63, 3.8) is 0 Å². The fourth-order valence-electron chi connectivity index (χ4n) is 1.78. The minimum Gasteiger partial charge on any atom is -0.336 e. The first-order valence-electron chi connectivity index (χ1n) is 6.14. The van der Waals surface area contributed by atoms with Crippen LogP contribution in [0.3, 0.4) is 0 Å². The first-order valence-corrected chi connectivity index (χ1v) is 6.93. The molecule has 0 radical (unpaired) electrons. The number of nitrogens with zero attached hydrogens (tertiary/aromatic N) is 2. The van der Waals surface area contributed by atoms with E-state index in [2.05, 4.69) is 26.1 Å². The van der Waals surface area contributed by atoms with Gasteiger partial charge in [0.15, 0.2) is 0 Å². The molecule has 0 fully saturated rings. The number of carbonyl (C=O) groups is 1. The number of hydrogen-bond acceptors (Lipinski definition) is 2. The first-order chi connectivity index (χ1) is 9.10. The van der Waals surface area contributed by atoms with Gasteiger partial charge < -0.3 is 4.90 Å². The van der Waals surface area contributed by atoms with Crippen LogP contribution in [-0.4, -0.2) is 28.1 Å². The molecule has 4 nitrogen and oxygen atoms in total. The lowest BCUT2D eigenvalue weighted by Gasteiger charge is -2.15. The first kappa shape index (κ1) is 13.8. The minimum absolute atomic E-state index is 0.0705. The van der Waals surface area contributed by atoms with Gasteiger partial charge in [0, 0.05) is 23.8 Å². The molecule has 0 unspecified atom stereocenters. The van der Waals surface area contributed by atoms with Gasteiger partial charge in [-0.1, -0.05) is 35.0 Å². The van der Waals surface area contributed by atoms with E-state index in [1.807, 2.05) is 31.2 Å². The highest BCUT2D eigenvalue weighted by Crippen LogP contribution is 2.13. The Balaban J connectivity index is 2.04. The van der Waals surface area contributed by atoms with Crippen LogP contribution in [0, 0.1) is 0 Å². The molecule has 0 aliphatic heterocycles. The third kappa shape index (κ3) is 3.44. The Bertz CT molecular complexity index is 562. The molecule has 0 saturated carbocycles. The second-order valence-electron chi connectivity index (χ2n) is 4.42. The number of nitrogens with one attached hydrogen (secondary N) is 1. The van der Waals surface area contributed by atoms with E-state index in [1.54, 1.807) is 18.0 Å². The summed E-state index contributed by atoms with van der Waals surface area (Å²) in [6, 6.07) is 9.74. The monoisotopic (exact) mass is 321 g/mol. The summed E-state index contributed by atoms with van der Waals surface area (Å²) in [6.07, 6.45) is 0.844. The van der Waals surface area contributed by atoms with Crippen molar-refractivity contribution in [2.75, 3.05) is 7.05 Å². The zero-order chi connectivity index (χ0) is 13.8. The van der Waals surface area contributed by atoms with Gasteiger partial charge in [-0.05, 0) is 30.2 Å². The zero-order valence-electron chi connectivity index (χ0n) is 11.0. The Morgan fingerprint density at radius 1 is 1.37 bits per heavy atom. The lowest BCUT2D eigenvalue weighted by atomic mass is 10.2. The minimum atomic E-state index is -0.0705. The second-order valence-corrected chi connectivity index (χ2v) is 5.34. The highest BCUT2D eigenvalue weighted by Gasteiger charge is 2.15. The van der Waals surface area contributed by atoms with Crippen molar-refractivity contribution in [1.82, 2.24) is 15.1 Å². The number of benzene rings is 1. The molecule has 100 valence electrons. The Morgan fingerprint density at radius 3 is 2.63 bits per heavy atom.